The van der Waals surface area contributed by atoms with Gasteiger partial charge in [0, 0.05) is 0 Å². The average Bonchev–Trinajstić information content (AvgIpc) is 2.14. The lowest BCUT2D eigenvalue weighted by Gasteiger charge is -2.04. The molecule has 0 fully saturated rings. The molecule has 0 saturated heterocycles. The van der Waals surface area contributed by atoms with E-state index < -0.39 is 0 Å². The quantitative estimate of drug-likeness (QED) is 0.699. The van der Waals surface area contributed by atoms with Gasteiger partial charge in [-0.2, -0.15) is 0 Å². The van der Waals surface area contributed by atoms with Gasteiger partial charge in [-0.05, 0) is 31.5 Å². The van der Waals surface area contributed by atoms with Gasteiger partial charge in [0.15, 0.2) is 0 Å². The Hall–Kier alpha value is -0.690. The second-order valence-corrected chi connectivity index (χ2v) is 2.77. The van der Waals surface area contributed by atoms with Crippen molar-refractivity contribution in [2.75, 3.05) is 6.61 Å². The summed E-state index contributed by atoms with van der Waals surface area (Å²) in [7, 11) is 0. The van der Waals surface area contributed by atoms with Gasteiger partial charge in [0.2, 0.25) is 0 Å². The van der Waals surface area contributed by atoms with Crippen molar-refractivity contribution in [3.63, 3.8) is 0 Å². The van der Waals surface area contributed by atoms with E-state index in [9.17, 15) is 0 Å². The summed E-state index contributed by atoms with van der Waals surface area (Å²) in [5.41, 5.74) is 1.15. The molecule has 0 aliphatic carbocycles. The first-order chi connectivity index (χ1) is 6.24. The number of hydrogen-bond donors (Lipinski definition) is 0. The molecule has 0 unspecified atom stereocenters. The van der Waals surface area contributed by atoms with E-state index in [4.69, 9.17) is 16.3 Å². The molecule has 0 aliphatic heterocycles. The van der Waals surface area contributed by atoms with Gasteiger partial charge < -0.3 is 4.74 Å². The Morgan fingerprint density at radius 1 is 1.31 bits per heavy atom. The lowest BCUT2D eigenvalue weighted by molar-refractivity contribution is 0.340. The molecule has 0 atom stereocenters. The molecule has 0 aromatic heterocycles. The summed E-state index contributed by atoms with van der Waals surface area (Å²) in [6.45, 7) is 8.60. The zero-order chi connectivity index (χ0) is 10.3. The van der Waals surface area contributed by atoms with E-state index in [-0.39, 0.29) is 0 Å². The molecule has 0 aliphatic rings. The first-order valence-corrected chi connectivity index (χ1v) is 5.00. The molecule has 1 aromatic rings. The van der Waals surface area contributed by atoms with Crippen LogP contribution in [0.2, 0.25) is 5.02 Å². The Morgan fingerprint density at radius 2 is 1.92 bits per heavy atom. The van der Waals surface area contributed by atoms with Gasteiger partial charge in [0.1, 0.15) is 5.75 Å². The van der Waals surface area contributed by atoms with Crippen LogP contribution in [0.15, 0.2) is 18.2 Å². The summed E-state index contributed by atoms with van der Waals surface area (Å²) in [6, 6.07) is 5.77. The van der Waals surface area contributed by atoms with E-state index in [1.807, 2.05) is 45.9 Å². The summed E-state index contributed by atoms with van der Waals surface area (Å²) in [5, 5.41) is 0.687. The molecular weight excluding hydrogens is 184 g/mol. The second-order valence-electron chi connectivity index (χ2n) is 2.37. The fourth-order valence-corrected chi connectivity index (χ4v) is 1.17. The zero-order valence-corrected chi connectivity index (χ0v) is 9.48. The number of benzene rings is 1. The van der Waals surface area contributed by atoms with Crippen LogP contribution < -0.4 is 4.74 Å². The van der Waals surface area contributed by atoms with Crippen LogP contribution in [0.25, 0.3) is 0 Å². The normalized spacial score (nSPS) is 8.69. The molecule has 0 bridgehead atoms. The Bertz CT molecular complexity index is 246. The van der Waals surface area contributed by atoms with Crippen molar-refractivity contribution < 1.29 is 4.74 Å². The fourth-order valence-electron chi connectivity index (χ4n) is 0.878. The van der Waals surface area contributed by atoms with Gasteiger partial charge in [0.05, 0.1) is 11.6 Å². The molecular formula is C11H17ClO. The Balaban J connectivity index is 0.000000671. The summed E-state index contributed by atoms with van der Waals surface area (Å²) in [4.78, 5) is 0. The molecule has 1 aromatic carbocycles. The third-order valence-corrected chi connectivity index (χ3v) is 1.68. The number of ether oxygens (including phenoxy) is 1. The molecule has 0 amide bonds. The topological polar surface area (TPSA) is 9.23 Å². The first-order valence-electron chi connectivity index (χ1n) is 4.63. The van der Waals surface area contributed by atoms with Crippen LogP contribution >= 0.6 is 11.6 Å². The van der Waals surface area contributed by atoms with Gasteiger partial charge in [-0.15, -0.1) is 0 Å². The SMILES string of the molecule is CC.CCOc1ccc(C)cc1Cl. The zero-order valence-electron chi connectivity index (χ0n) is 8.73. The van der Waals surface area contributed by atoms with E-state index in [2.05, 4.69) is 0 Å². The van der Waals surface area contributed by atoms with Gasteiger partial charge >= 0.3 is 0 Å². The van der Waals surface area contributed by atoms with Crippen LogP contribution in [0.5, 0.6) is 5.75 Å². The molecule has 0 N–H and O–H groups in total. The van der Waals surface area contributed by atoms with E-state index in [0.717, 1.165) is 11.3 Å². The number of hydrogen-bond acceptors (Lipinski definition) is 1. The van der Waals surface area contributed by atoms with Crippen LogP contribution in [-0.2, 0) is 0 Å². The standard InChI is InChI=1S/C9H11ClO.C2H6/c1-3-11-9-5-4-7(2)6-8(9)10;1-2/h4-6H,3H2,1-2H3;1-2H3. The molecule has 2 heteroatoms. The summed E-state index contributed by atoms with van der Waals surface area (Å²) in [5.74, 6) is 0.764. The molecule has 0 heterocycles. The molecule has 0 radical (unpaired) electrons. The molecule has 74 valence electrons. The third kappa shape index (κ3) is 4.18. The predicted octanol–water partition coefficient (Wildman–Crippen LogP) is 4.07. The Labute approximate surface area is 85.7 Å². The summed E-state index contributed by atoms with van der Waals surface area (Å²) < 4.78 is 5.26. The highest BCUT2D eigenvalue weighted by Gasteiger charge is 1.98. The monoisotopic (exact) mass is 200 g/mol. The lowest BCUT2D eigenvalue weighted by Crippen LogP contribution is -1.91. The van der Waals surface area contributed by atoms with Crippen LogP contribution in [0.4, 0.5) is 0 Å². The van der Waals surface area contributed by atoms with Crippen molar-refractivity contribution in [1.29, 1.82) is 0 Å². The van der Waals surface area contributed by atoms with Crippen molar-refractivity contribution in [2.24, 2.45) is 0 Å². The predicted molar refractivity (Wildman–Crippen MR) is 58.7 cm³/mol. The molecule has 0 spiro atoms. The third-order valence-electron chi connectivity index (χ3n) is 1.39. The minimum Gasteiger partial charge on any atom is -0.492 e. The minimum atomic E-state index is 0.656. The van der Waals surface area contributed by atoms with Crippen LogP contribution in [0.3, 0.4) is 0 Å². The van der Waals surface area contributed by atoms with Crippen molar-refractivity contribution >= 4 is 11.6 Å². The molecule has 13 heavy (non-hydrogen) atoms. The van der Waals surface area contributed by atoms with Crippen LogP contribution in [0.1, 0.15) is 26.3 Å². The van der Waals surface area contributed by atoms with E-state index >= 15 is 0 Å². The maximum Gasteiger partial charge on any atom is 0.137 e. The van der Waals surface area contributed by atoms with Crippen LogP contribution in [-0.4, -0.2) is 6.61 Å². The van der Waals surface area contributed by atoms with E-state index in [1.165, 1.54) is 0 Å². The second kappa shape index (κ2) is 6.79. The molecule has 0 saturated carbocycles. The highest BCUT2D eigenvalue weighted by atomic mass is 35.5. The number of aryl methyl sites for hydroxylation is 1. The highest BCUT2D eigenvalue weighted by Crippen LogP contribution is 2.24. The summed E-state index contributed by atoms with van der Waals surface area (Å²) in [6.07, 6.45) is 0. The van der Waals surface area contributed by atoms with Crippen molar-refractivity contribution in [3.8, 4) is 5.75 Å². The van der Waals surface area contributed by atoms with E-state index in [0.29, 0.717) is 11.6 Å². The number of rotatable bonds is 2. The lowest BCUT2D eigenvalue weighted by atomic mass is 10.2. The maximum atomic E-state index is 5.88. The van der Waals surface area contributed by atoms with Crippen molar-refractivity contribution in [1.82, 2.24) is 0 Å². The smallest absolute Gasteiger partial charge is 0.137 e. The largest absolute Gasteiger partial charge is 0.492 e. The van der Waals surface area contributed by atoms with Gasteiger partial charge in [0.25, 0.3) is 0 Å². The minimum absolute atomic E-state index is 0.656. The number of halogens is 1. The first kappa shape index (κ1) is 12.3. The van der Waals surface area contributed by atoms with E-state index in [1.54, 1.807) is 0 Å². The van der Waals surface area contributed by atoms with Gasteiger partial charge in [-0.1, -0.05) is 31.5 Å². The Kier molecular flexibility index (Phi) is 6.43. The fraction of sp³-hybridized carbons (Fsp3) is 0.455. The van der Waals surface area contributed by atoms with Crippen LogP contribution in [0, 0.1) is 6.92 Å². The molecule has 1 nitrogen and oxygen atoms in total. The average molecular weight is 201 g/mol. The van der Waals surface area contributed by atoms with Crippen molar-refractivity contribution in [2.45, 2.75) is 27.7 Å². The van der Waals surface area contributed by atoms with Gasteiger partial charge in [-0.25, -0.2) is 0 Å². The van der Waals surface area contributed by atoms with Crippen molar-refractivity contribution in [3.05, 3.63) is 28.8 Å². The molecule has 1 rings (SSSR count). The summed E-state index contributed by atoms with van der Waals surface area (Å²) >= 11 is 5.88. The maximum absolute atomic E-state index is 5.88. The Morgan fingerprint density at radius 3 is 2.38 bits per heavy atom. The van der Waals surface area contributed by atoms with Gasteiger partial charge in [-0.3, -0.25) is 0 Å². The highest BCUT2D eigenvalue weighted by molar-refractivity contribution is 6.32.